The van der Waals surface area contributed by atoms with Crippen LogP contribution in [0.2, 0.25) is 0 Å². The van der Waals surface area contributed by atoms with Crippen molar-refractivity contribution in [1.82, 2.24) is 0 Å². The van der Waals surface area contributed by atoms with Crippen LogP contribution >= 0.6 is 0 Å². The number of carbonyl (C=O) groups excluding carboxylic acids is 1. The highest BCUT2D eigenvalue weighted by atomic mass is 16.5. The molecule has 21 heavy (non-hydrogen) atoms. The normalized spacial score (nSPS) is 10.8. The summed E-state index contributed by atoms with van der Waals surface area (Å²) in [5.41, 5.74) is 0. The fourth-order valence-electron chi connectivity index (χ4n) is 1.78. The van der Waals surface area contributed by atoms with E-state index in [-0.39, 0.29) is 12.4 Å². The lowest BCUT2D eigenvalue weighted by atomic mass is 10.1. The van der Waals surface area contributed by atoms with Crippen molar-refractivity contribution in [2.24, 2.45) is 0 Å². The first-order valence-corrected chi connectivity index (χ1v) is 8.11. The van der Waals surface area contributed by atoms with E-state index in [0.29, 0.717) is 33.0 Å². The van der Waals surface area contributed by atoms with Gasteiger partial charge in [-0.3, -0.25) is 4.79 Å². The molecule has 0 aromatic rings. The molecule has 0 atom stereocenters. The van der Waals surface area contributed by atoms with Gasteiger partial charge < -0.3 is 18.9 Å². The van der Waals surface area contributed by atoms with Gasteiger partial charge in [-0.25, -0.2) is 0 Å². The lowest BCUT2D eigenvalue weighted by Gasteiger charge is -2.06. The highest BCUT2D eigenvalue weighted by molar-refractivity contribution is 5.69. The van der Waals surface area contributed by atoms with Gasteiger partial charge in [0.1, 0.15) is 0 Å². The van der Waals surface area contributed by atoms with Gasteiger partial charge in [0.25, 0.3) is 0 Å². The Balaban J connectivity index is 2.98. The number of unbranched alkanes of at least 4 members (excludes halogenated alkanes) is 5. The van der Waals surface area contributed by atoms with Gasteiger partial charge in [0.05, 0.1) is 46.6 Å². The summed E-state index contributed by atoms with van der Waals surface area (Å²) in [7, 11) is 1.37. The molecule has 0 radical (unpaired) electrons. The Morgan fingerprint density at radius 2 is 1.24 bits per heavy atom. The van der Waals surface area contributed by atoms with E-state index < -0.39 is 0 Å². The van der Waals surface area contributed by atoms with Gasteiger partial charge in [-0.1, -0.05) is 39.0 Å². The second kappa shape index (κ2) is 17.4. The molecule has 5 heteroatoms. The van der Waals surface area contributed by atoms with E-state index in [0.717, 1.165) is 13.0 Å². The molecule has 126 valence electrons. The fraction of sp³-hybridized carbons (Fsp3) is 0.938. The van der Waals surface area contributed by atoms with Crippen LogP contribution in [0.5, 0.6) is 0 Å². The van der Waals surface area contributed by atoms with Crippen molar-refractivity contribution in [3.63, 3.8) is 0 Å². The van der Waals surface area contributed by atoms with E-state index in [2.05, 4.69) is 11.7 Å². The van der Waals surface area contributed by atoms with Crippen LogP contribution in [0.4, 0.5) is 0 Å². The first-order valence-electron chi connectivity index (χ1n) is 8.11. The molecular formula is C16H32O5. The highest BCUT2D eigenvalue weighted by Gasteiger charge is 1.99. The van der Waals surface area contributed by atoms with Gasteiger partial charge in [0.15, 0.2) is 0 Å². The van der Waals surface area contributed by atoms with Crippen LogP contribution in [-0.4, -0.2) is 52.7 Å². The zero-order valence-electron chi connectivity index (χ0n) is 13.7. The summed E-state index contributed by atoms with van der Waals surface area (Å²) in [6, 6.07) is 0. The number of rotatable bonds is 16. The summed E-state index contributed by atoms with van der Waals surface area (Å²) in [5.74, 6) is -0.251. The lowest BCUT2D eigenvalue weighted by Crippen LogP contribution is -2.12. The number of carbonyl (C=O) groups is 1. The number of hydrogen-bond donors (Lipinski definition) is 0. The van der Waals surface area contributed by atoms with Gasteiger partial charge in [0.2, 0.25) is 0 Å². The first-order chi connectivity index (χ1) is 10.3. The average molecular weight is 304 g/mol. The molecule has 0 aliphatic carbocycles. The average Bonchev–Trinajstić information content (AvgIpc) is 2.50. The molecule has 0 spiro atoms. The number of hydrogen-bond acceptors (Lipinski definition) is 5. The Bertz CT molecular complexity index is 221. The predicted molar refractivity (Wildman–Crippen MR) is 82.5 cm³/mol. The third-order valence-corrected chi connectivity index (χ3v) is 3.06. The largest absolute Gasteiger partial charge is 0.469 e. The van der Waals surface area contributed by atoms with Crippen LogP contribution in [-0.2, 0) is 23.7 Å². The third kappa shape index (κ3) is 17.3. The quantitative estimate of drug-likeness (QED) is 0.324. The van der Waals surface area contributed by atoms with E-state index >= 15 is 0 Å². The van der Waals surface area contributed by atoms with Gasteiger partial charge >= 0.3 is 5.97 Å². The summed E-state index contributed by atoms with van der Waals surface area (Å²) < 4.78 is 20.6. The molecule has 0 rings (SSSR count). The molecule has 0 aliphatic rings. The van der Waals surface area contributed by atoms with E-state index in [9.17, 15) is 4.79 Å². The summed E-state index contributed by atoms with van der Waals surface area (Å²) in [5, 5.41) is 0. The Labute approximate surface area is 129 Å². The van der Waals surface area contributed by atoms with Crippen molar-refractivity contribution in [1.29, 1.82) is 0 Å². The first kappa shape index (κ1) is 20.3. The number of ether oxygens (including phenoxy) is 4. The predicted octanol–water partition coefficient (Wildman–Crippen LogP) is 2.96. The van der Waals surface area contributed by atoms with E-state index in [1.807, 2.05) is 0 Å². The van der Waals surface area contributed by atoms with Crippen molar-refractivity contribution >= 4 is 5.97 Å². The molecular weight excluding hydrogens is 272 g/mol. The summed E-state index contributed by atoms with van der Waals surface area (Å²) in [4.78, 5) is 10.8. The van der Waals surface area contributed by atoms with Gasteiger partial charge in [-0.05, 0) is 6.42 Å². The Morgan fingerprint density at radius 3 is 1.86 bits per heavy atom. The lowest BCUT2D eigenvalue weighted by molar-refractivity contribution is -0.141. The highest BCUT2D eigenvalue weighted by Crippen LogP contribution is 2.04. The Kier molecular flexibility index (Phi) is 16.9. The standard InChI is InChI=1S/C16H32O5/c1-3-4-5-6-7-8-10-19-12-14-21-15-13-20-11-9-16(17)18-2/h3-15H2,1-2H3. The SMILES string of the molecule is CCCCCCCCOCCOCCOCCC(=O)OC. The molecule has 0 saturated heterocycles. The van der Waals surface area contributed by atoms with Crippen LogP contribution < -0.4 is 0 Å². The molecule has 0 N–H and O–H groups in total. The van der Waals surface area contributed by atoms with Crippen molar-refractivity contribution < 1.29 is 23.7 Å². The van der Waals surface area contributed by atoms with E-state index in [1.54, 1.807) is 0 Å². The molecule has 0 aromatic carbocycles. The van der Waals surface area contributed by atoms with Crippen LogP contribution in [0, 0.1) is 0 Å². The molecule has 0 heterocycles. The Hall–Kier alpha value is -0.650. The molecule has 0 bridgehead atoms. The van der Waals surface area contributed by atoms with Gasteiger partial charge in [-0.15, -0.1) is 0 Å². The second-order valence-corrected chi connectivity index (χ2v) is 4.93. The van der Waals surface area contributed by atoms with Crippen LogP contribution in [0.15, 0.2) is 0 Å². The zero-order valence-corrected chi connectivity index (χ0v) is 13.7. The maximum Gasteiger partial charge on any atom is 0.307 e. The van der Waals surface area contributed by atoms with Crippen LogP contribution in [0.25, 0.3) is 0 Å². The van der Waals surface area contributed by atoms with Crippen molar-refractivity contribution in [3.8, 4) is 0 Å². The topological polar surface area (TPSA) is 54.0 Å². The van der Waals surface area contributed by atoms with Gasteiger partial charge in [-0.2, -0.15) is 0 Å². The number of methoxy groups -OCH3 is 1. The zero-order chi connectivity index (χ0) is 15.6. The maximum absolute atomic E-state index is 10.8. The molecule has 5 nitrogen and oxygen atoms in total. The summed E-state index contributed by atoms with van der Waals surface area (Å²) in [6.07, 6.45) is 7.98. The van der Waals surface area contributed by atoms with Crippen molar-refractivity contribution in [2.75, 3.05) is 46.8 Å². The minimum atomic E-state index is -0.251. The second-order valence-electron chi connectivity index (χ2n) is 4.93. The minimum absolute atomic E-state index is 0.251. The molecule has 0 fully saturated rings. The number of esters is 1. The minimum Gasteiger partial charge on any atom is -0.469 e. The van der Waals surface area contributed by atoms with E-state index in [1.165, 1.54) is 39.2 Å². The third-order valence-electron chi connectivity index (χ3n) is 3.06. The van der Waals surface area contributed by atoms with Crippen molar-refractivity contribution in [3.05, 3.63) is 0 Å². The Morgan fingerprint density at radius 1 is 0.714 bits per heavy atom. The molecule has 0 aliphatic heterocycles. The monoisotopic (exact) mass is 304 g/mol. The van der Waals surface area contributed by atoms with Crippen LogP contribution in [0.3, 0.4) is 0 Å². The van der Waals surface area contributed by atoms with Gasteiger partial charge in [0, 0.05) is 6.61 Å². The summed E-state index contributed by atoms with van der Waals surface area (Å²) >= 11 is 0. The smallest absolute Gasteiger partial charge is 0.307 e. The molecule has 0 amide bonds. The molecule has 0 saturated carbocycles. The van der Waals surface area contributed by atoms with Crippen molar-refractivity contribution in [2.45, 2.75) is 51.9 Å². The fourth-order valence-corrected chi connectivity index (χ4v) is 1.78. The van der Waals surface area contributed by atoms with E-state index in [4.69, 9.17) is 14.2 Å². The molecule has 0 aromatic heterocycles. The maximum atomic E-state index is 10.8. The molecule has 0 unspecified atom stereocenters. The summed E-state index contributed by atoms with van der Waals surface area (Å²) in [6.45, 7) is 5.69. The van der Waals surface area contributed by atoms with Crippen LogP contribution in [0.1, 0.15) is 51.9 Å².